The molecular formula is C28H38O8S2. The van der Waals surface area contributed by atoms with E-state index in [-0.39, 0.29) is 24.4 Å². The second kappa shape index (κ2) is 14.4. The van der Waals surface area contributed by atoms with Crippen LogP contribution >= 0.6 is 0 Å². The van der Waals surface area contributed by atoms with Gasteiger partial charge in [-0.1, -0.05) is 48.6 Å². The average molecular weight is 567 g/mol. The van der Waals surface area contributed by atoms with E-state index in [0.717, 1.165) is 11.1 Å². The first-order chi connectivity index (χ1) is 17.8. The number of carbonyl (C=O) groups excluding carboxylic acids is 2. The van der Waals surface area contributed by atoms with Gasteiger partial charge in [0.25, 0.3) is 0 Å². The fourth-order valence-corrected chi connectivity index (χ4v) is 6.81. The van der Waals surface area contributed by atoms with Gasteiger partial charge in [0.1, 0.15) is 0 Å². The van der Waals surface area contributed by atoms with Crippen LogP contribution in [0, 0.1) is 0 Å². The molecule has 0 aromatic rings. The van der Waals surface area contributed by atoms with Crippen molar-refractivity contribution in [2.75, 3.05) is 24.7 Å². The highest BCUT2D eigenvalue weighted by Crippen LogP contribution is 2.24. The third-order valence-corrected chi connectivity index (χ3v) is 10.1. The van der Waals surface area contributed by atoms with Gasteiger partial charge in [-0.15, -0.1) is 0 Å². The molecule has 8 nitrogen and oxygen atoms in total. The molecule has 0 aliphatic heterocycles. The zero-order valence-electron chi connectivity index (χ0n) is 22.2. The molecule has 1 atom stereocenters. The Morgan fingerprint density at radius 1 is 0.868 bits per heavy atom. The van der Waals surface area contributed by atoms with Crippen LogP contribution in [0.25, 0.3) is 0 Å². The maximum absolute atomic E-state index is 12.5. The van der Waals surface area contributed by atoms with Crippen LogP contribution in [0.3, 0.4) is 0 Å². The van der Waals surface area contributed by atoms with Crippen molar-refractivity contribution in [2.24, 2.45) is 0 Å². The van der Waals surface area contributed by atoms with Crippen LogP contribution in [0.5, 0.6) is 0 Å². The van der Waals surface area contributed by atoms with Crippen molar-refractivity contribution in [2.45, 2.75) is 64.0 Å². The number of ether oxygens (including phenoxy) is 2. The van der Waals surface area contributed by atoms with Crippen molar-refractivity contribution in [3.05, 3.63) is 70.7 Å². The van der Waals surface area contributed by atoms with Gasteiger partial charge in [-0.25, -0.2) is 26.4 Å². The number of sulfone groups is 2. The molecule has 38 heavy (non-hydrogen) atoms. The zero-order valence-corrected chi connectivity index (χ0v) is 23.9. The molecule has 2 aliphatic carbocycles. The third kappa shape index (κ3) is 10.2. The Hall–Kier alpha value is -2.72. The largest absolute Gasteiger partial charge is 0.462 e. The Morgan fingerprint density at radius 3 is 1.95 bits per heavy atom. The molecule has 0 fully saturated rings. The average Bonchev–Trinajstić information content (AvgIpc) is 2.85. The first-order valence-electron chi connectivity index (χ1n) is 12.7. The topological polar surface area (TPSA) is 121 Å². The van der Waals surface area contributed by atoms with Gasteiger partial charge in [0, 0.05) is 16.1 Å². The molecule has 10 heteroatoms. The van der Waals surface area contributed by atoms with Crippen molar-refractivity contribution in [1.29, 1.82) is 0 Å². The van der Waals surface area contributed by atoms with Crippen molar-refractivity contribution >= 4 is 31.6 Å². The summed E-state index contributed by atoms with van der Waals surface area (Å²) < 4.78 is 60.2. The van der Waals surface area contributed by atoms with Gasteiger partial charge in [-0.3, -0.25) is 0 Å². The molecule has 2 aliphatic rings. The van der Waals surface area contributed by atoms with E-state index in [1.165, 1.54) is 0 Å². The summed E-state index contributed by atoms with van der Waals surface area (Å²) in [5.41, 5.74) is 1.92. The van der Waals surface area contributed by atoms with Crippen molar-refractivity contribution in [3.8, 4) is 0 Å². The van der Waals surface area contributed by atoms with E-state index in [1.807, 2.05) is 19.9 Å². The lowest BCUT2D eigenvalue weighted by atomic mass is 10.1. The second-order valence-corrected chi connectivity index (χ2v) is 13.9. The predicted molar refractivity (Wildman–Crippen MR) is 149 cm³/mol. The summed E-state index contributed by atoms with van der Waals surface area (Å²) in [4.78, 5) is 24.5. The molecule has 0 aromatic carbocycles. The Kier molecular flexibility index (Phi) is 12.0. The lowest BCUT2D eigenvalue weighted by Crippen LogP contribution is -2.26. The Labute approximate surface area is 226 Å². The zero-order chi connectivity index (χ0) is 28.3. The van der Waals surface area contributed by atoms with E-state index in [1.54, 1.807) is 24.3 Å². The monoisotopic (exact) mass is 566 g/mol. The number of allylic oxidation sites excluding steroid dienone is 7. The highest BCUT2D eigenvalue weighted by atomic mass is 32.2. The Morgan fingerprint density at radius 2 is 1.45 bits per heavy atom. The number of esters is 2. The van der Waals surface area contributed by atoms with Gasteiger partial charge >= 0.3 is 11.9 Å². The fourth-order valence-electron chi connectivity index (χ4n) is 3.84. The van der Waals surface area contributed by atoms with Gasteiger partial charge in [0.2, 0.25) is 0 Å². The van der Waals surface area contributed by atoms with E-state index >= 15 is 0 Å². The summed E-state index contributed by atoms with van der Waals surface area (Å²) in [6, 6.07) is 0. The summed E-state index contributed by atoms with van der Waals surface area (Å²) >= 11 is 0. The minimum Gasteiger partial charge on any atom is -0.462 e. The van der Waals surface area contributed by atoms with Crippen LogP contribution in [0.1, 0.15) is 58.8 Å². The van der Waals surface area contributed by atoms with E-state index in [9.17, 15) is 26.4 Å². The summed E-state index contributed by atoms with van der Waals surface area (Å²) in [5, 5.41) is -0.664. The van der Waals surface area contributed by atoms with Crippen molar-refractivity contribution in [1.82, 2.24) is 0 Å². The number of rotatable bonds is 15. The quantitative estimate of drug-likeness (QED) is 0.162. The number of hydrogen-bond donors (Lipinski definition) is 0. The Bertz CT molecular complexity index is 1260. The van der Waals surface area contributed by atoms with E-state index in [4.69, 9.17) is 9.47 Å². The molecule has 0 aromatic heterocycles. The van der Waals surface area contributed by atoms with Gasteiger partial charge < -0.3 is 9.47 Å². The summed E-state index contributed by atoms with van der Waals surface area (Å²) in [5.74, 6) is -2.36. The van der Waals surface area contributed by atoms with Crippen LogP contribution in [0.4, 0.5) is 0 Å². The Balaban J connectivity index is 1.58. The van der Waals surface area contributed by atoms with E-state index in [2.05, 4.69) is 13.2 Å². The minimum absolute atomic E-state index is 0.0924. The van der Waals surface area contributed by atoms with Crippen LogP contribution in [0.15, 0.2) is 70.7 Å². The van der Waals surface area contributed by atoms with E-state index in [0.29, 0.717) is 49.9 Å². The second-order valence-electron chi connectivity index (χ2n) is 9.69. The molecule has 0 saturated carbocycles. The molecule has 0 saturated heterocycles. The molecule has 0 spiro atoms. The summed E-state index contributed by atoms with van der Waals surface area (Å²) in [6.45, 7) is 11.2. The van der Waals surface area contributed by atoms with Crippen LogP contribution < -0.4 is 0 Å². The predicted octanol–water partition coefficient (Wildman–Crippen LogP) is 4.47. The summed E-state index contributed by atoms with van der Waals surface area (Å²) in [6.07, 6.45) is 12.6. The standard InChI is InChI=1S/C28H38O8S2/c1-21-9-13-25(14-10-21)37(31,32)19-23(3)27(29)35-17-7-5-6-8-18-36-28(30)24(4)20-38(33,34)26-15-11-22(2)12-16-26/h9-11,13,15,25H,3-8,12,14,16-20H2,1-2H3. The van der Waals surface area contributed by atoms with Crippen LogP contribution in [-0.2, 0) is 38.7 Å². The van der Waals surface area contributed by atoms with Gasteiger partial charge in [-0.05, 0) is 64.9 Å². The maximum Gasteiger partial charge on any atom is 0.334 e. The van der Waals surface area contributed by atoms with Crippen molar-refractivity contribution < 1.29 is 35.9 Å². The first-order valence-corrected chi connectivity index (χ1v) is 16.0. The molecule has 0 N–H and O–H groups in total. The summed E-state index contributed by atoms with van der Waals surface area (Å²) in [7, 11) is -7.14. The van der Waals surface area contributed by atoms with Gasteiger partial charge in [-0.2, -0.15) is 0 Å². The molecule has 2 rings (SSSR count). The maximum atomic E-state index is 12.5. The molecule has 0 radical (unpaired) electrons. The first kappa shape index (κ1) is 31.5. The van der Waals surface area contributed by atoms with Gasteiger partial charge in [0.05, 0.1) is 30.0 Å². The molecule has 0 bridgehead atoms. The molecule has 1 unspecified atom stereocenters. The third-order valence-electron chi connectivity index (χ3n) is 6.25. The number of unbranched alkanes of at least 4 members (excludes halogenated alkanes) is 3. The van der Waals surface area contributed by atoms with Crippen LogP contribution in [-0.4, -0.2) is 58.7 Å². The highest BCUT2D eigenvalue weighted by molar-refractivity contribution is 7.95. The molecule has 210 valence electrons. The van der Waals surface area contributed by atoms with Gasteiger partial charge in [0.15, 0.2) is 19.7 Å². The minimum atomic E-state index is -3.60. The normalized spacial score (nSPS) is 17.6. The molecular weight excluding hydrogens is 528 g/mol. The molecule has 0 heterocycles. The molecule has 0 amide bonds. The van der Waals surface area contributed by atoms with Crippen LogP contribution in [0.2, 0.25) is 0 Å². The smallest absolute Gasteiger partial charge is 0.334 e. The lowest BCUT2D eigenvalue weighted by Gasteiger charge is -2.16. The van der Waals surface area contributed by atoms with E-state index < -0.39 is 48.4 Å². The SMILES string of the molecule is C=C(CS(=O)(=O)C1=CC=C(C)CC1)C(=O)OCCCCCCOC(=O)C(=C)CS(=O)(=O)C1C=CC(C)=CC1. The fraction of sp³-hybridized carbons (Fsp3) is 0.500. The van der Waals surface area contributed by atoms with Crippen molar-refractivity contribution in [3.63, 3.8) is 0 Å². The number of hydrogen-bond acceptors (Lipinski definition) is 8. The highest BCUT2D eigenvalue weighted by Gasteiger charge is 2.27. The number of carbonyl (C=O) groups is 2. The lowest BCUT2D eigenvalue weighted by molar-refractivity contribution is -0.140.